The van der Waals surface area contributed by atoms with Crippen molar-refractivity contribution in [3.05, 3.63) is 72.9 Å². The van der Waals surface area contributed by atoms with E-state index in [0.29, 0.717) is 19.3 Å². The first-order chi connectivity index (χ1) is 38.0. The summed E-state index contributed by atoms with van der Waals surface area (Å²) in [5.74, 6) is -0.903. The third kappa shape index (κ3) is 63.6. The first kappa shape index (κ1) is 73.8. The van der Waals surface area contributed by atoms with E-state index in [0.717, 1.165) is 128 Å². The highest BCUT2D eigenvalue weighted by Crippen LogP contribution is 2.17. The average molecular weight is 1080 g/mol. The summed E-state index contributed by atoms with van der Waals surface area (Å²) < 4.78 is 16.9. The molecule has 77 heavy (non-hydrogen) atoms. The van der Waals surface area contributed by atoms with Crippen molar-refractivity contribution in [2.24, 2.45) is 0 Å². The second kappa shape index (κ2) is 65.4. The van der Waals surface area contributed by atoms with Crippen LogP contribution >= 0.6 is 0 Å². The Kier molecular flexibility index (Phi) is 62.7. The van der Waals surface area contributed by atoms with E-state index in [1.165, 1.54) is 173 Å². The van der Waals surface area contributed by atoms with Gasteiger partial charge in [0.05, 0.1) is 0 Å². The smallest absolute Gasteiger partial charge is 0.306 e. The second-order valence-electron chi connectivity index (χ2n) is 22.3. The van der Waals surface area contributed by atoms with Gasteiger partial charge in [0, 0.05) is 19.3 Å². The van der Waals surface area contributed by atoms with E-state index >= 15 is 0 Å². The molecule has 0 saturated carbocycles. The largest absolute Gasteiger partial charge is 0.462 e. The van der Waals surface area contributed by atoms with Gasteiger partial charge in [-0.15, -0.1) is 0 Å². The molecule has 0 aromatic carbocycles. The van der Waals surface area contributed by atoms with Crippen LogP contribution in [-0.2, 0) is 28.6 Å². The summed E-state index contributed by atoms with van der Waals surface area (Å²) in [6.45, 7) is 6.47. The maximum absolute atomic E-state index is 12.9. The molecule has 0 bridgehead atoms. The van der Waals surface area contributed by atoms with Gasteiger partial charge in [0.2, 0.25) is 0 Å². The minimum Gasteiger partial charge on any atom is -0.462 e. The molecule has 6 nitrogen and oxygen atoms in total. The van der Waals surface area contributed by atoms with Crippen LogP contribution in [0, 0.1) is 0 Å². The van der Waals surface area contributed by atoms with E-state index in [1.807, 2.05) is 0 Å². The summed E-state index contributed by atoms with van der Waals surface area (Å²) in [5.41, 5.74) is 0. The first-order valence-electron chi connectivity index (χ1n) is 33.4. The molecule has 0 aliphatic rings. The third-order valence-corrected chi connectivity index (χ3v) is 14.6. The summed E-state index contributed by atoms with van der Waals surface area (Å²) in [5, 5.41) is 0. The zero-order valence-electron chi connectivity index (χ0n) is 51.2. The van der Waals surface area contributed by atoms with Crippen LogP contribution in [0.5, 0.6) is 0 Å². The highest BCUT2D eigenvalue weighted by Gasteiger charge is 2.19. The van der Waals surface area contributed by atoms with Crippen LogP contribution in [0.2, 0.25) is 0 Å². The molecule has 446 valence electrons. The van der Waals surface area contributed by atoms with Gasteiger partial charge in [0.25, 0.3) is 0 Å². The van der Waals surface area contributed by atoms with Gasteiger partial charge in [-0.1, -0.05) is 293 Å². The number of hydrogen-bond donors (Lipinski definition) is 0. The Morgan fingerprint density at radius 1 is 0.273 bits per heavy atom. The number of carbonyl (C=O) groups is 3. The molecule has 0 aliphatic carbocycles. The summed E-state index contributed by atoms with van der Waals surface area (Å²) in [7, 11) is 0. The average Bonchev–Trinajstić information content (AvgIpc) is 3.43. The minimum absolute atomic E-state index is 0.0847. The summed E-state index contributed by atoms with van der Waals surface area (Å²) in [4.78, 5) is 38.3. The molecule has 0 amide bonds. The molecule has 0 aliphatic heterocycles. The minimum atomic E-state index is -0.790. The zero-order chi connectivity index (χ0) is 55.7. The Labute approximate surface area is 478 Å². The Balaban J connectivity index is 4.15. The van der Waals surface area contributed by atoms with E-state index in [-0.39, 0.29) is 31.1 Å². The van der Waals surface area contributed by atoms with Gasteiger partial charge in [-0.25, -0.2) is 0 Å². The highest BCUT2D eigenvalue weighted by atomic mass is 16.6. The molecule has 1 atom stereocenters. The van der Waals surface area contributed by atoms with Crippen LogP contribution in [-0.4, -0.2) is 37.2 Å². The van der Waals surface area contributed by atoms with Crippen molar-refractivity contribution in [2.75, 3.05) is 13.2 Å². The van der Waals surface area contributed by atoms with Crippen molar-refractivity contribution < 1.29 is 28.6 Å². The lowest BCUT2D eigenvalue weighted by atomic mass is 10.0. The highest BCUT2D eigenvalue weighted by molar-refractivity contribution is 5.71. The monoisotopic (exact) mass is 1070 g/mol. The van der Waals surface area contributed by atoms with Crippen LogP contribution < -0.4 is 0 Å². The maximum atomic E-state index is 12.9. The van der Waals surface area contributed by atoms with Crippen molar-refractivity contribution in [3.63, 3.8) is 0 Å². The predicted octanol–water partition coefficient (Wildman–Crippen LogP) is 22.9. The van der Waals surface area contributed by atoms with Crippen molar-refractivity contribution in [3.8, 4) is 0 Å². The Morgan fingerprint density at radius 2 is 0.532 bits per heavy atom. The van der Waals surface area contributed by atoms with E-state index < -0.39 is 6.10 Å². The molecule has 0 spiro atoms. The van der Waals surface area contributed by atoms with Crippen molar-refractivity contribution >= 4 is 17.9 Å². The number of ether oxygens (including phenoxy) is 3. The van der Waals surface area contributed by atoms with E-state index in [1.54, 1.807) is 0 Å². The zero-order valence-corrected chi connectivity index (χ0v) is 51.2. The van der Waals surface area contributed by atoms with Gasteiger partial charge < -0.3 is 14.2 Å². The number of rotatable bonds is 61. The normalized spacial score (nSPS) is 12.5. The fourth-order valence-electron chi connectivity index (χ4n) is 9.67. The fourth-order valence-corrected chi connectivity index (χ4v) is 9.67. The van der Waals surface area contributed by atoms with Crippen LogP contribution in [0.1, 0.15) is 342 Å². The molecule has 1 unspecified atom stereocenters. The molecule has 0 aromatic heterocycles. The summed E-state index contributed by atoms with van der Waals surface area (Å²) in [6.07, 6.45) is 85.1. The molecule has 6 heteroatoms. The van der Waals surface area contributed by atoms with Crippen LogP contribution in [0.4, 0.5) is 0 Å². The van der Waals surface area contributed by atoms with Gasteiger partial charge in [-0.2, -0.15) is 0 Å². The number of unbranched alkanes of at least 4 members (excludes halogenated alkanes) is 38. The van der Waals surface area contributed by atoms with Crippen LogP contribution in [0.3, 0.4) is 0 Å². The van der Waals surface area contributed by atoms with Gasteiger partial charge in [-0.3, -0.25) is 14.4 Å². The van der Waals surface area contributed by atoms with Gasteiger partial charge in [-0.05, 0) is 103 Å². The van der Waals surface area contributed by atoms with E-state index in [4.69, 9.17) is 14.2 Å². The molecular formula is C71H126O6. The van der Waals surface area contributed by atoms with Crippen LogP contribution in [0.15, 0.2) is 72.9 Å². The molecule has 0 saturated heterocycles. The third-order valence-electron chi connectivity index (χ3n) is 14.6. The summed E-state index contributed by atoms with van der Waals surface area (Å²) >= 11 is 0. The fraction of sp³-hybridized carbons (Fsp3) is 0.789. The number of allylic oxidation sites excluding steroid dienone is 12. The maximum Gasteiger partial charge on any atom is 0.306 e. The molecule has 0 N–H and O–H groups in total. The molecule has 0 heterocycles. The van der Waals surface area contributed by atoms with E-state index in [9.17, 15) is 14.4 Å². The molecule has 0 rings (SSSR count). The topological polar surface area (TPSA) is 78.9 Å². The Bertz CT molecular complexity index is 1420. The van der Waals surface area contributed by atoms with Gasteiger partial charge in [0.1, 0.15) is 13.2 Å². The molecule has 0 radical (unpaired) electrons. The lowest BCUT2D eigenvalue weighted by Crippen LogP contribution is -2.30. The van der Waals surface area contributed by atoms with Gasteiger partial charge in [0.15, 0.2) is 6.10 Å². The SMILES string of the molecule is CC/C=C\C/C=C\C/C=C\CCCCCCCC(=O)OC(COC(=O)CCCCCCC/C=C\C/C=C\CCC)COC(=O)CCCCCCCCCCCCCCCCCCCCC/C=C\CCCCCCCCCC. The number of carbonyl (C=O) groups excluding carboxylic acids is 3. The summed E-state index contributed by atoms with van der Waals surface area (Å²) in [6, 6.07) is 0. The lowest BCUT2D eigenvalue weighted by molar-refractivity contribution is -0.167. The molecule has 0 aromatic rings. The quantitative estimate of drug-likeness (QED) is 0.0261. The molecule has 0 fully saturated rings. The Hall–Kier alpha value is -3.15. The van der Waals surface area contributed by atoms with Crippen molar-refractivity contribution in [1.29, 1.82) is 0 Å². The first-order valence-corrected chi connectivity index (χ1v) is 33.4. The Morgan fingerprint density at radius 3 is 0.857 bits per heavy atom. The number of esters is 3. The number of hydrogen-bond acceptors (Lipinski definition) is 6. The van der Waals surface area contributed by atoms with Crippen LogP contribution in [0.25, 0.3) is 0 Å². The lowest BCUT2D eigenvalue weighted by Gasteiger charge is -2.18. The van der Waals surface area contributed by atoms with Crippen molar-refractivity contribution in [1.82, 2.24) is 0 Å². The predicted molar refractivity (Wildman–Crippen MR) is 335 cm³/mol. The van der Waals surface area contributed by atoms with E-state index in [2.05, 4.69) is 93.7 Å². The van der Waals surface area contributed by atoms with Crippen molar-refractivity contribution in [2.45, 2.75) is 348 Å². The second-order valence-corrected chi connectivity index (χ2v) is 22.3. The van der Waals surface area contributed by atoms with Gasteiger partial charge >= 0.3 is 17.9 Å². The molecular weight excluding hydrogens is 949 g/mol. The standard InChI is InChI=1S/C71H126O6/c1-4-7-10-13-16-19-22-25-27-28-29-30-31-32-33-34-35-36-37-38-39-40-41-42-44-46-49-52-55-58-61-64-70(73)76-67-68(66-75-69(72)63-60-57-54-51-48-45-24-21-18-15-12-9-6-3)77-71(74)65-62-59-56-53-50-47-43-26-23-20-17-14-11-8-5-2/h8,11-12,15,17,20-21,24,26,28-29,43,68H,4-7,9-10,13-14,16,18-19,22-23,25,27,30-42,44-67H2,1-3H3/b11-8-,15-12-,20-17-,24-21-,29-28-,43-26-.